The molecule has 0 atom stereocenters. The third kappa shape index (κ3) is 3.41. The minimum Gasteiger partial charge on any atom is -0.397 e. The summed E-state index contributed by atoms with van der Waals surface area (Å²) < 4.78 is 37.4. The van der Waals surface area contributed by atoms with E-state index in [1.165, 1.54) is 24.4 Å². The standard InChI is InChI=1S/C13H11F3N4O/c14-13(15,16)7-1-3-9(4-2-7)20-12-10(11(18)21)5-8(17)6-19-12/h1-6H,17H2,(H2,18,21)(H,19,20). The monoisotopic (exact) mass is 296 g/mol. The number of rotatable bonds is 3. The molecule has 0 saturated carbocycles. The van der Waals surface area contributed by atoms with Crippen LogP contribution in [-0.2, 0) is 6.18 Å². The SMILES string of the molecule is NC(=O)c1cc(N)cnc1Nc1ccc(C(F)(F)F)cc1. The number of pyridine rings is 1. The molecule has 5 N–H and O–H groups in total. The summed E-state index contributed by atoms with van der Waals surface area (Å²) in [4.78, 5) is 15.2. The molecule has 0 aliphatic heterocycles. The minimum absolute atomic E-state index is 0.0508. The van der Waals surface area contributed by atoms with Gasteiger partial charge in [0.2, 0.25) is 0 Å². The number of anilines is 3. The third-order valence-corrected chi connectivity index (χ3v) is 2.65. The van der Waals surface area contributed by atoms with Gasteiger partial charge in [-0.05, 0) is 30.3 Å². The molecule has 110 valence electrons. The zero-order valence-corrected chi connectivity index (χ0v) is 10.6. The smallest absolute Gasteiger partial charge is 0.397 e. The molecule has 5 nitrogen and oxygen atoms in total. The van der Waals surface area contributed by atoms with Gasteiger partial charge < -0.3 is 16.8 Å². The van der Waals surface area contributed by atoms with E-state index in [-0.39, 0.29) is 17.1 Å². The highest BCUT2D eigenvalue weighted by atomic mass is 19.4. The fourth-order valence-electron chi connectivity index (χ4n) is 1.65. The third-order valence-electron chi connectivity index (χ3n) is 2.65. The van der Waals surface area contributed by atoms with E-state index in [1.807, 2.05) is 0 Å². The second-order valence-electron chi connectivity index (χ2n) is 4.23. The lowest BCUT2D eigenvalue weighted by atomic mass is 10.2. The number of aromatic nitrogens is 1. The van der Waals surface area contributed by atoms with Crippen molar-refractivity contribution in [3.05, 3.63) is 47.7 Å². The van der Waals surface area contributed by atoms with Gasteiger partial charge in [-0.1, -0.05) is 0 Å². The first-order valence-corrected chi connectivity index (χ1v) is 5.77. The molecule has 0 unspecified atom stereocenters. The lowest BCUT2D eigenvalue weighted by Crippen LogP contribution is -2.15. The van der Waals surface area contributed by atoms with Crippen LogP contribution in [0.5, 0.6) is 0 Å². The van der Waals surface area contributed by atoms with Crippen molar-refractivity contribution in [1.29, 1.82) is 0 Å². The van der Waals surface area contributed by atoms with Gasteiger partial charge in [0.15, 0.2) is 0 Å². The largest absolute Gasteiger partial charge is 0.416 e. The Balaban J connectivity index is 2.28. The van der Waals surface area contributed by atoms with Crippen LogP contribution in [0, 0.1) is 0 Å². The van der Waals surface area contributed by atoms with Crippen molar-refractivity contribution in [2.24, 2.45) is 5.73 Å². The number of carbonyl (C=O) groups is 1. The Bertz CT molecular complexity index is 668. The highest BCUT2D eigenvalue weighted by molar-refractivity contribution is 5.99. The number of carbonyl (C=O) groups excluding carboxylic acids is 1. The molecule has 0 aliphatic carbocycles. The number of benzene rings is 1. The highest BCUT2D eigenvalue weighted by Crippen LogP contribution is 2.30. The molecule has 2 aromatic rings. The van der Waals surface area contributed by atoms with E-state index in [0.717, 1.165) is 12.1 Å². The maximum atomic E-state index is 12.5. The molecular weight excluding hydrogens is 285 g/mol. The number of nitrogen functional groups attached to an aromatic ring is 1. The number of hydrogen-bond acceptors (Lipinski definition) is 4. The zero-order valence-electron chi connectivity index (χ0n) is 10.6. The molecule has 21 heavy (non-hydrogen) atoms. The first-order valence-electron chi connectivity index (χ1n) is 5.77. The van der Waals surface area contributed by atoms with Gasteiger partial charge in [-0.2, -0.15) is 13.2 Å². The number of halogens is 3. The van der Waals surface area contributed by atoms with Crippen molar-refractivity contribution < 1.29 is 18.0 Å². The average Bonchev–Trinajstić information content (AvgIpc) is 2.40. The summed E-state index contributed by atoms with van der Waals surface area (Å²) in [6.07, 6.45) is -3.10. The van der Waals surface area contributed by atoms with Gasteiger partial charge in [-0.3, -0.25) is 4.79 Å². The first kappa shape index (κ1) is 14.6. The van der Waals surface area contributed by atoms with Crippen LogP contribution in [-0.4, -0.2) is 10.9 Å². The molecule has 0 saturated heterocycles. The van der Waals surface area contributed by atoms with Gasteiger partial charge in [0.1, 0.15) is 5.82 Å². The number of nitrogens with two attached hydrogens (primary N) is 2. The van der Waals surface area contributed by atoms with E-state index < -0.39 is 17.6 Å². The molecule has 0 spiro atoms. The van der Waals surface area contributed by atoms with Gasteiger partial charge in [0.25, 0.3) is 5.91 Å². The Kier molecular flexibility index (Phi) is 3.70. The van der Waals surface area contributed by atoms with Crippen molar-refractivity contribution in [3.63, 3.8) is 0 Å². The molecule has 1 amide bonds. The summed E-state index contributed by atoms with van der Waals surface area (Å²) in [5, 5.41) is 2.72. The Morgan fingerprint density at radius 3 is 2.33 bits per heavy atom. The lowest BCUT2D eigenvalue weighted by molar-refractivity contribution is -0.137. The maximum Gasteiger partial charge on any atom is 0.416 e. The summed E-state index contributed by atoms with van der Waals surface area (Å²) in [6, 6.07) is 5.63. The van der Waals surface area contributed by atoms with Gasteiger partial charge in [0.05, 0.1) is 23.0 Å². The Hall–Kier alpha value is -2.77. The van der Waals surface area contributed by atoms with Crippen LogP contribution in [0.1, 0.15) is 15.9 Å². The number of amides is 1. The molecular formula is C13H11F3N4O. The van der Waals surface area contributed by atoms with Crippen molar-refractivity contribution in [2.75, 3.05) is 11.1 Å². The molecule has 0 radical (unpaired) electrons. The summed E-state index contributed by atoms with van der Waals surface area (Å²) in [6.45, 7) is 0. The quantitative estimate of drug-likeness (QED) is 0.811. The van der Waals surface area contributed by atoms with E-state index in [1.54, 1.807) is 0 Å². The first-order chi connectivity index (χ1) is 9.77. The van der Waals surface area contributed by atoms with Crippen LogP contribution >= 0.6 is 0 Å². The molecule has 0 aliphatic rings. The average molecular weight is 296 g/mol. The van der Waals surface area contributed by atoms with Crippen LogP contribution in [0.15, 0.2) is 36.5 Å². The second kappa shape index (κ2) is 5.31. The lowest BCUT2D eigenvalue weighted by Gasteiger charge is -2.11. The molecule has 1 aromatic heterocycles. The number of nitrogens with one attached hydrogen (secondary N) is 1. The topological polar surface area (TPSA) is 94.0 Å². The summed E-state index contributed by atoms with van der Waals surface area (Å²) in [5.74, 6) is -0.624. The van der Waals surface area contributed by atoms with Crippen molar-refractivity contribution in [2.45, 2.75) is 6.18 Å². The predicted molar refractivity (Wildman–Crippen MR) is 71.9 cm³/mol. The van der Waals surface area contributed by atoms with Gasteiger partial charge in [-0.15, -0.1) is 0 Å². The van der Waals surface area contributed by atoms with E-state index in [0.29, 0.717) is 5.69 Å². The number of primary amides is 1. The van der Waals surface area contributed by atoms with Crippen LogP contribution in [0.2, 0.25) is 0 Å². The molecule has 1 aromatic carbocycles. The second-order valence-corrected chi connectivity index (χ2v) is 4.23. The van der Waals surface area contributed by atoms with Crippen molar-refractivity contribution >= 4 is 23.1 Å². The van der Waals surface area contributed by atoms with E-state index in [2.05, 4.69) is 10.3 Å². The summed E-state index contributed by atoms with van der Waals surface area (Å²) in [7, 11) is 0. The fraction of sp³-hybridized carbons (Fsp3) is 0.0769. The Labute approximate surface area is 117 Å². The van der Waals surface area contributed by atoms with E-state index in [9.17, 15) is 18.0 Å². The molecule has 0 bridgehead atoms. The normalized spacial score (nSPS) is 11.2. The van der Waals surface area contributed by atoms with Crippen LogP contribution in [0.25, 0.3) is 0 Å². The molecule has 1 heterocycles. The minimum atomic E-state index is -4.41. The van der Waals surface area contributed by atoms with Crippen molar-refractivity contribution in [3.8, 4) is 0 Å². The number of hydrogen-bond donors (Lipinski definition) is 3. The van der Waals surface area contributed by atoms with Crippen LogP contribution < -0.4 is 16.8 Å². The van der Waals surface area contributed by atoms with Crippen molar-refractivity contribution in [1.82, 2.24) is 4.98 Å². The van der Waals surface area contributed by atoms with Gasteiger partial charge >= 0.3 is 6.18 Å². The number of alkyl halides is 3. The summed E-state index contributed by atoms with van der Waals surface area (Å²) >= 11 is 0. The molecule has 0 fully saturated rings. The van der Waals surface area contributed by atoms with Gasteiger partial charge in [0, 0.05) is 5.69 Å². The Morgan fingerprint density at radius 2 is 1.81 bits per heavy atom. The predicted octanol–water partition coefficient (Wildman–Crippen LogP) is 2.53. The Morgan fingerprint density at radius 1 is 1.19 bits per heavy atom. The van der Waals surface area contributed by atoms with E-state index >= 15 is 0 Å². The summed E-state index contributed by atoms with van der Waals surface area (Å²) in [5.41, 5.74) is 10.6. The highest BCUT2D eigenvalue weighted by Gasteiger charge is 2.29. The fourth-order valence-corrected chi connectivity index (χ4v) is 1.65. The van der Waals surface area contributed by atoms with Gasteiger partial charge in [-0.25, -0.2) is 4.98 Å². The zero-order chi connectivity index (χ0) is 15.6. The molecule has 2 rings (SSSR count). The maximum absolute atomic E-state index is 12.5. The van der Waals surface area contributed by atoms with Crippen LogP contribution in [0.3, 0.4) is 0 Å². The number of nitrogens with zero attached hydrogens (tertiary/aromatic N) is 1. The molecule has 8 heteroatoms. The van der Waals surface area contributed by atoms with E-state index in [4.69, 9.17) is 11.5 Å². The van der Waals surface area contributed by atoms with Crippen LogP contribution in [0.4, 0.5) is 30.4 Å².